The third kappa shape index (κ3) is 5.10. The van der Waals surface area contributed by atoms with E-state index < -0.39 is 22.0 Å². The van der Waals surface area contributed by atoms with Crippen molar-refractivity contribution < 1.29 is 23.1 Å². The van der Waals surface area contributed by atoms with Gasteiger partial charge in [0.05, 0.1) is 16.9 Å². The van der Waals surface area contributed by atoms with E-state index in [9.17, 15) is 23.1 Å². The first-order valence-corrected chi connectivity index (χ1v) is 8.88. The summed E-state index contributed by atoms with van der Waals surface area (Å²) in [6.45, 7) is 1.17. The molecule has 2 aromatic rings. The van der Waals surface area contributed by atoms with Crippen LogP contribution in [0.4, 0.5) is 0 Å². The molecule has 0 unspecified atom stereocenters. The van der Waals surface area contributed by atoms with Gasteiger partial charge in [0, 0.05) is 5.56 Å². The Morgan fingerprint density at radius 3 is 2.20 bits per heavy atom. The van der Waals surface area contributed by atoms with Gasteiger partial charge in [0.1, 0.15) is 0 Å². The Balaban J connectivity index is 2.12. The van der Waals surface area contributed by atoms with Crippen LogP contribution in [0.15, 0.2) is 65.6 Å². The Morgan fingerprint density at radius 2 is 1.64 bits per heavy atom. The molecule has 0 aromatic heterocycles. The van der Waals surface area contributed by atoms with Gasteiger partial charge in [0.15, 0.2) is 5.78 Å². The maximum Gasteiger partial charge on any atom is 0.241 e. The van der Waals surface area contributed by atoms with Crippen molar-refractivity contribution in [2.75, 3.05) is 0 Å². The highest BCUT2D eigenvalue weighted by atomic mass is 32.2. The summed E-state index contributed by atoms with van der Waals surface area (Å²) in [4.78, 5) is 22.6. The number of aliphatic carboxylic acids is 1. The summed E-state index contributed by atoms with van der Waals surface area (Å²) in [7, 11) is -4.00. The van der Waals surface area contributed by atoms with E-state index in [1.54, 1.807) is 6.08 Å². The molecule has 0 saturated carbocycles. The molecule has 7 heteroatoms. The fourth-order valence-corrected chi connectivity index (χ4v) is 3.17. The van der Waals surface area contributed by atoms with E-state index in [0.29, 0.717) is 5.56 Å². The Kier molecular flexibility index (Phi) is 5.84. The van der Waals surface area contributed by atoms with Crippen molar-refractivity contribution in [3.8, 4) is 0 Å². The maximum absolute atomic E-state index is 12.1. The number of rotatable bonds is 7. The van der Waals surface area contributed by atoms with E-state index in [2.05, 4.69) is 0 Å². The summed E-state index contributed by atoms with van der Waals surface area (Å²) in [5.41, 5.74) is 1.19. The lowest BCUT2D eigenvalue weighted by atomic mass is 10.1. The molecule has 1 atom stereocenters. The predicted molar refractivity (Wildman–Crippen MR) is 91.0 cm³/mol. The molecule has 130 valence electrons. The molecule has 0 aliphatic heterocycles. The van der Waals surface area contributed by atoms with E-state index >= 15 is 0 Å². The third-order valence-corrected chi connectivity index (χ3v) is 4.92. The minimum absolute atomic E-state index is 0.135. The minimum Gasteiger partial charge on any atom is -0.548 e. The molecule has 2 aromatic carbocycles. The van der Waals surface area contributed by atoms with Gasteiger partial charge in [0.25, 0.3) is 0 Å². The van der Waals surface area contributed by atoms with Crippen molar-refractivity contribution in [3.05, 3.63) is 71.8 Å². The lowest BCUT2D eigenvalue weighted by Crippen LogP contribution is -2.45. The Morgan fingerprint density at radius 1 is 1.04 bits per heavy atom. The van der Waals surface area contributed by atoms with Crippen LogP contribution in [0.1, 0.15) is 22.8 Å². The molecular weight excluding hydrogens is 342 g/mol. The summed E-state index contributed by atoms with van der Waals surface area (Å²) in [6.07, 6.45) is 3.06. The standard InChI is InChI=1S/C18H17NO5S/c1-13(18(21)22)19-25(23,24)16-10-8-15(9-11-16)17(20)12-7-14-5-3-2-4-6-14/h2-13,19H,1H3,(H,21,22)/p-1/b12-7+/t13-/m0/s1. The van der Waals surface area contributed by atoms with Crippen LogP contribution in [0.2, 0.25) is 0 Å². The molecular formula is C18H16NO5S-. The second-order valence-electron chi connectivity index (χ2n) is 5.29. The highest BCUT2D eigenvalue weighted by Gasteiger charge is 2.18. The Labute approximate surface area is 145 Å². The average Bonchev–Trinajstić information content (AvgIpc) is 2.60. The lowest BCUT2D eigenvalue weighted by molar-refractivity contribution is -0.307. The van der Waals surface area contributed by atoms with Crippen molar-refractivity contribution in [1.82, 2.24) is 4.72 Å². The highest BCUT2D eigenvalue weighted by molar-refractivity contribution is 7.89. The number of nitrogens with one attached hydrogen (secondary N) is 1. The average molecular weight is 358 g/mol. The van der Waals surface area contributed by atoms with Gasteiger partial charge in [0.2, 0.25) is 10.0 Å². The predicted octanol–water partition coefficient (Wildman–Crippen LogP) is 0.999. The van der Waals surface area contributed by atoms with Crippen LogP contribution in [0.25, 0.3) is 6.08 Å². The number of ketones is 1. The molecule has 0 aliphatic rings. The first-order valence-electron chi connectivity index (χ1n) is 7.40. The van der Waals surface area contributed by atoms with E-state index in [-0.39, 0.29) is 10.7 Å². The third-order valence-electron chi connectivity index (χ3n) is 3.36. The summed E-state index contributed by atoms with van der Waals surface area (Å²) < 4.78 is 26.1. The molecule has 0 spiro atoms. The van der Waals surface area contributed by atoms with Crippen LogP contribution < -0.4 is 9.83 Å². The summed E-state index contributed by atoms with van der Waals surface area (Å²) in [5.74, 6) is -1.80. The highest BCUT2D eigenvalue weighted by Crippen LogP contribution is 2.12. The zero-order valence-corrected chi connectivity index (χ0v) is 14.2. The van der Waals surface area contributed by atoms with Gasteiger partial charge in [-0.1, -0.05) is 36.4 Å². The number of benzene rings is 2. The quantitative estimate of drug-likeness (QED) is 0.587. The van der Waals surface area contributed by atoms with E-state index in [1.807, 2.05) is 35.1 Å². The maximum atomic E-state index is 12.1. The molecule has 6 nitrogen and oxygen atoms in total. The summed E-state index contributed by atoms with van der Waals surface area (Å²) in [5, 5.41) is 10.7. The molecule has 2 rings (SSSR count). The molecule has 25 heavy (non-hydrogen) atoms. The molecule has 0 bridgehead atoms. The van der Waals surface area contributed by atoms with E-state index in [0.717, 1.165) is 5.56 Å². The molecule has 0 saturated heterocycles. The first kappa shape index (κ1) is 18.6. The molecule has 0 fully saturated rings. The Bertz CT molecular complexity index is 887. The van der Waals surface area contributed by atoms with Gasteiger partial charge in [-0.05, 0) is 42.8 Å². The number of carbonyl (C=O) groups excluding carboxylic acids is 2. The van der Waals surface area contributed by atoms with Crippen LogP contribution >= 0.6 is 0 Å². The van der Waals surface area contributed by atoms with E-state index in [1.165, 1.54) is 37.3 Å². The van der Waals surface area contributed by atoms with Crippen LogP contribution in [-0.2, 0) is 14.8 Å². The van der Waals surface area contributed by atoms with Crippen molar-refractivity contribution in [2.45, 2.75) is 17.9 Å². The zero-order chi connectivity index (χ0) is 18.4. The van der Waals surface area contributed by atoms with Gasteiger partial charge in [-0.2, -0.15) is 0 Å². The second kappa shape index (κ2) is 7.87. The van der Waals surface area contributed by atoms with Gasteiger partial charge in [-0.15, -0.1) is 0 Å². The topological polar surface area (TPSA) is 103 Å². The molecule has 0 radical (unpaired) electrons. The van der Waals surface area contributed by atoms with Crippen molar-refractivity contribution in [2.24, 2.45) is 0 Å². The zero-order valence-electron chi connectivity index (χ0n) is 13.4. The first-order chi connectivity index (χ1) is 11.8. The number of hydrogen-bond donors (Lipinski definition) is 1. The molecule has 0 amide bonds. The van der Waals surface area contributed by atoms with Crippen LogP contribution in [-0.4, -0.2) is 26.2 Å². The molecule has 1 N–H and O–H groups in total. The lowest BCUT2D eigenvalue weighted by Gasteiger charge is -2.14. The number of carboxylic acids is 1. The SMILES string of the molecule is C[C@H](NS(=O)(=O)c1ccc(C(=O)/C=C/c2ccccc2)cc1)C(=O)[O-]. The van der Waals surface area contributed by atoms with Gasteiger partial charge in [-0.3, -0.25) is 4.79 Å². The van der Waals surface area contributed by atoms with Crippen LogP contribution in [0.3, 0.4) is 0 Å². The van der Waals surface area contributed by atoms with Gasteiger partial charge < -0.3 is 9.90 Å². The van der Waals surface area contributed by atoms with E-state index in [4.69, 9.17) is 0 Å². The fraction of sp³-hybridized carbons (Fsp3) is 0.111. The van der Waals surface area contributed by atoms with Gasteiger partial charge >= 0.3 is 0 Å². The fourth-order valence-electron chi connectivity index (χ4n) is 1.98. The summed E-state index contributed by atoms with van der Waals surface area (Å²) in [6, 6.07) is 13.1. The smallest absolute Gasteiger partial charge is 0.241 e. The van der Waals surface area contributed by atoms with Crippen LogP contribution in [0, 0.1) is 0 Å². The van der Waals surface area contributed by atoms with Crippen LogP contribution in [0.5, 0.6) is 0 Å². The molecule has 0 heterocycles. The number of carbonyl (C=O) groups is 2. The van der Waals surface area contributed by atoms with Crippen molar-refractivity contribution in [1.29, 1.82) is 0 Å². The second-order valence-corrected chi connectivity index (χ2v) is 7.01. The molecule has 0 aliphatic carbocycles. The largest absolute Gasteiger partial charge is 0.548 e. The minimum atomic E-state index is -4.00. The normalized spacial score (nSPS) is 12.8. The Hall–Kier alpha value is -2.77. The van der Waals surface area contributed by atoms with Crippen molar-refractivity contribution >= 4 is 27.9 Å². The van der Waals surface area contributed by atoms with Gasteiger partial charge in [-0.25, -0.2) is 13.1 Å². The number of allylic oxidation sites excluding steroid dienone is 1. The number of sulfonamides is 1. The number of carboxylic acid groups (broad SMARTS) is 1. The summed E-state index contributed by atoms with van der Waals surface area (Å²) >= 11 is 0. The number of hydrogen-bond acceptors (Lipinski definition) is 5. The van der Waals surface area contributed by atoms with Crippen molar-refractivity contribution in [3.63, 3.8) is 0 Å². The monoisotopic (exact) mass is 358 g/mol.